The lowest BCUT2D eigenvalue weighted by Gasteiger charge is -2.23. The van der Waals surface area contributed by atoms with Gasteiger partial charge in [-0.05, 0) is 35.9 Å². The Labute approximate surface area is 159 Å². The summed E-state index contributed by atoms with van der Waals surface area (Å²) < 4.78 is 0. The first-order chi connectivity index (χ1) is 13.4. The Bertz CT molecular complexity index is 1060. The summed E-state index contributed by atoms with van der Waals surface area (Å²) in [6, 6.07) is 33.7. The van der Waals surface area contributed by atoms with Gasteiger partial charge in [0.25, 0.3) is 0 Å². The standard InChI is InChI=1S/C24H19N3/c1-3-10-19(11-4-1)21-14-7-8-15-22(21)27-18-26(20-12-5-2-6-13-20)23-16-9-17-25-24(23)27/h1-17H,18H2. The number of pyridine rings is 1. The van der Waals surface area contributed by atoms with Gasteiger partial charge in [-0.2, -0.15) is 0 Å². The summed E-state index contributed by atoms with van der Waals surface area (Å²) in [6.07, 6.45) is 1.87. The van der Waals surface area contributed by atoms with Gasteiger partial charge in [0.15, 0.2) is 5.82 Å². The van der Waals surface area contributed by atoms with Gasteiger partial charge in [0.2, 0.25) is 0 Å². The maximum atomic E-state index is 4.71. The van der Waals surface area contributed by atoms with E-state index in [-0.39, 0.29) is 0 Å². The van der Waals surface area contributed by atoms with Crippen molar-refractivity contribution in [3.8, 4) is 11.1 Å². The Morgan fingerprint density at radius 1 is 0.593 bits per heavy atom. The van der Waals surface area contributed by atoms with Crippen molar-refractivity contribution in [1.29, 1.82) is 0 Å². The molecule has 0 saturated carbocycles. The van der Waals surface area contributed by atoms with Gasteiger partial charge >= 0.3 is 0 Å². The van der Waals surface area contributed by atoms with Gasteiger partial charge in [-0.1, -0.05) is 66.7 Å². The Morgan fingerprint density at radius 2 is 1.26 bits per heavy atom. The number of hydrogen-bond acceptors (Lipinski definition) is 3. The van der Waals surface area contributed by atoms with E-state index in [1.807, 2.05) is 18.3 Å². The van der Waals surface area contributed by atoms with Crippen LogP contribution in [0.5, 0.6) is 0 Å². The highest BCUT2D eigenvalue weighted by Gasteiger charge is 2.30. The van der Waals surface area contributed by atoms with Crippen LogP contribution in [-0.2, 0) is 0 Å². The van der Waals surface area contributed by atoms with Crippen LogP contribution in [0.2, 0.25) is 0 Å². The molecule has 0 saturated heterocycles. The van der Waals surface area contributed by atoms with Crippen molar-refractivity contribution in [3.05, 3.63) is 103 Å². The fourth-order valence-corrected chi connectivity index (χ4v) is 3.68. The minimum atomic E-state index is 0.736. The minimum Gasteiger partial charge on any atom is -0.320 e. The zero-order chi connectivity index (χ0) is 18.1. The number of hydrogen-bond donors (Lipinski definition) is 0. The second-order valence-electron chi connectivity index (χ2n) is 6.56. The van der Waals surface area contributed by atoms with E-state index in [2.05, 4.69) is 94.7 Å². The Kier molecular flexibility index (Phi) is 3.83. The molecule has 27 heavy (non-hydrogen) atoms. The van der Waals surface area contributed by atoms with Gasteiger partial charge in [-0.25, -0.2) is 4.98 Å². The molecule has 1 aromatic heterocycles. The zero-order valence-electron chi connectivity index (χ0n) is 14.9. The molecule has 3 aromatic carbocycles. The van der Waals surface area contributed by atoms with E-state index in [1.54, 1.807) is 0 Å². The molecule has 0 fully saturated rings. The second kappa shape index (κ2) is 6.61. The lowest BCUT2D eigenvalue weighted by Crippen LogP contribution is -2.24. The Hall–Kier alpha value is -3.59. The molecule has 0 unspecified atom stereocenters. The van der Waals surface area contributed by atoms with Crippen molar-refractivity contribution in [3.63, 3.8) is 0 Å². The number of para-hydroxylation sites is 2. The van der Waals surface area contributed by atoms with Crippen molar-refractivity contribution in [2.24, 2.45) is 0 Å². The molecule has 0 amide bonds. The van der Waals surface area contributed by atoms with E-state index in [4.69, 9.17) is 4.98 Å². The zero-order valence-corrected chi connectivity index (χ0v) is 14.9. The van der Waals surface area contributed by atoms with Crippen LogP contribution in [-0.4, -0.2) is 11.7 Å². The molecule has 5 rings (SSSR count). The summed E-state index contributed by atoms with van der Waals surface area (Å²) >= 11 is 0. The number of anilines is 4. The van der Waals surface area contributed by atoms with Crippen molar-refractivity contribution in [2.75, 3.05) is 16.5 Å². The maximum Gasteiger partial charge on any atom is 0.158 e. The van der Waals surface area contributed by atoms with Gasteiger partial charge in [0.1, 0.15) is 6.67 Å². The monoisotopic (exact) mass is 349 g/mol. The van der Waals surface area contributed by atoms with E-state index >= 15 is 0 Å². The smallest absolute Gasteiger partial charge is 0.158 e. The summed E-state index contributed by atoms with van der Waals surface area (Å²) in [5.41, 5.74) is 5.90. The normalized spacial score (nSPS) is 12.9. The van der Waals surface area contributed by atoms with Crippen LogP contribution in [0.3, 0.4) is 0 Å². The second-order valence-corrected chi connectivity index (χ2v) is 6.56. The highest BCUT2D eigenvalue weighted by atomic mass is 15.4. The van der Waals surface area contributed by atoms with E-state index in [0.29, 0.717) is 0 Å². The number of aromatic nitrogens is 1. The molecule has 4 aromatic rings. The summed E-state index contributed by atoms with van der Waals surface area (Å²) in [7, 11) is 0. The van der Waals surface area contributed by atoms with Gasteiger partial charge in [0.05, 0.1) is 11.4 Å². The molecular formula is C24H19N3. The van der Waals surface area contributed by atoms with E-state index in [1.165, 1.54) is 22.5 Å². The van der Waals surface area contributed by atoms with Crippen LogP contribution < -0.4 is 9.80 Å². The van der Waals surface area contributed by atoms with E-state index in [0.717, 1.165) is 18.2 Å². The maximum absolute atomic E-state index is 4.71. The lowest BCUT2D eigenvalue weighted by atomic mass is 10.0. The molecular weight excluding hydrogens is 330 g/mol. The third-order valence-corrected chi connectivity index (χ3v) is 4.94. The lowest BCUT2D eigenvalue weighted by molar-refractivity contribution is 0.982. The third kappa shape index (κ3) is 2.74. The first-order valence-corrected chi connectivity index (χ1v) is 9.11. The molecule has 3 heteroatoms. The quantitative estimate of drug-likeness (QED) is 0.452. The van der Waals surface area contributed by atoms with E-state index in [9.17, 15) is 0 Å². The van der Waals surface area contributed by atoms with Crippen molar-refractivity contribution in [1.82, 2.24) is 4.98 Å². The molecule has 3 nitrogen and oxygen atoms in total. The van der Waals surface area contributed by atoms with Crippen LogP contribution in [0.4, 0.5) is 22.9 Å². The molecule has 0 N–H and O–H groups in total. The first kappa shape index (κ1) is 15.6. The van der Waals surface area contributed by atoms with Crippen LogP contribution in [0.1, 0.15) is 0 Å². The van der Waals surface area contributed by atoms with Crippen molar-refractivity contribution < 1.29 is 0 Å². The van der Waals surface area contributed by atoms with Gasteiger partial charge in [0, 0.05) is 17.4 Å². The largest absolute Gasteiger partial charge is 0.320 e. The Balaban J connectivity index is 1.64. The fraction of sp³-hybridized carbons (Fsp3) is 0.0417. The topological polar surface area (TPSA) is 19.4 Å². The van der Waals surface area contributed by atoms with Crippen LogP contribution in [0, 0.1) is 0 Å². The molecule has 0 radical (unpaired) electrons. The minimum absolute atomic E-state index is 0.736. The van der Waals surface area contributed by atoms with Gasteiger partial charge in [-0.3, -0.25) is 0 Å². The number of benzene rings is 3. The summed E-state index contributed by atoms with van der Waals surface area (Å²) in [5.74, 6) is 0.990. The number of fused-ring (bicyclic) bond motifs is 1. The SMILES string of the molecule is c1ccc(-c2ccccc2N2CN(c3ccccc3)c3cccnc32)cc1. The number of rotatable bonds is 3. The van der Waals surface area contributed by atoms with Gasteiger partial charge < -0.3 is 9.80 Å². The van der Waals surface area contributed by atoms with Crippen LogP contribution in [0.15, 0.2) is 103 Å². The highest BCUT2D eigenvalue weighted by Crippen LogP contribution is 2.45. The van der Waals surface area contributed by atoms with Crippen molar-refractivity contribution >= 4 is 22.9 Å². The average Bonchev–Trinajstić information content (AvgIpc) is 3.15. The van der Waals surface area contributed by atoms with Crippen LogP contribution in [0.25, 0.3) is 11.1 Å². The predicted octanol–water partition coefficient (Wildman–Crippen LogP) is 6.00. The highest BCUT2D eigenvalue weighted by molar-refractivity contribution is 5.89. The molecule has 130 valence electrons. The molecule has 1 aliphatic heterocycles. The Morgan fingerprint density at radius 3 is 2.07 bits per heavy atom. The average molecular weight is 349 g/mol. The van der Waals surface area contributed by atoms with Crippen LogP contribution >= 0.6 is 0 Å². The van der Waals surface area contributed by atoms with E-state index < -0.39 is 0 Å². The summed E-state index contributed by atoms with van der Waals surface area (Å²) in [5, 5.41) is 0. The molecule has 0 aliphatic carbocycles. The van der Waals surface area contributed by atoms with Gasteiger partial charge in [-0.15, -0.1) is 0 Å². The molecule has 2 heterocycles. The molecule has 0 spiro atoms. The number of nitrogens with zero attached hydrogens (tertiary/aromatic N) is 3. The third-order valence-electron chi connectivity index (χ3n) is 4.94. The van der Waals surface area contributed by atoms with Crippen molar-refractivity contribution in [2.45, 2.75) is 0 Å². The summed E-state index contributed by atoms with van der Waals surface area (Å²) in [6.45, 7) is 0.736. The summed E-state index contributed by atoms with van der Waals surface area (Å²) in [4.78, 5) is 9.32. The first-order valence-electron chi connectivity index (χ1n) is 9.11. The molecule has 1 aliphatic rings. The fourth-order valence-electron chi connectivity index (χ4n) is 3.68. The molecule has 0 bridgehead atoms. The molecule has 0 atom stereocenters. The predicted molar refractivity (Wildman–Crippen MR) is 112 cm³/mol.